The number of hydrogen-bond acceptors (Lipinski definition) is 3. The second-order valence-electron chi connectivity index (χ2n) is 5.54. The van der Waals surface area contributed by atoms with Gasteiger partial charge in [-0.25, -0.2) is 4.79 Å². The Morgan fingerprint density at radius 3 is 2.59 bits per heavy atom. The van der Waals surface area contributed by atoms with E-state index in [9.17, 15) is 4.79 Å². The van der Waals surface area contributed by atoms with Gasteiger partial charge in [0.2, 0.25) is 0 Å². The summed E-state index contributed by atoms with van der Waals surface area (Å²) >= 11 is 0. The van der Waals surface area contributed by atoms with Crippen molar-refractivity contribution in [1.29, 1.82) is 0 Å². The highest BCUT2D eigenvalue weighted by Gasteiger charge is 2.31. The maximum atomic E-state index is 11.2. The molecule has 1 aromatic rings. The van der Waals surface area contributed by atoms with E-state index in [1.165, 1.54) is 4.68 Å². The highest BCUT2D eigenvalue weighted by atomic mass is 16.4. The Labute approximate surface area is 101 Å². The van der Waals surface area contributed by atoms with Crippen LogP contribution in [0.4, 0.5) is 0 Å². The van der Waals surface area contributed by atoms with Crippen molar-refractivity contribution >= 4 is 5.97 Å². The van der Waals surface area contributed by atoms with Crippen LogP contribution in [0.1, 0.15) is 42.5 Å². The highest BCUT2D eigenvalue weighted by Crippen LogP contribution is 2.26. The smallest absolute Gasteiger partial charge is 0.354 e. The number of fused-ring (bicyclic) bond motifs is 1. The van der Waals surface area contributed by atoms with Crippen LogP contribution in [0.25, 0.3) is 0 Å². The van der Waals surface area contributed by atoms with E-state index in [-0.39, 0.29) is 5.54 Å². The number of aromatic nitrogens is 2. The zero-order chi connectivity index (χ0) is 12.8. The minimum atomic E-state index is -0.884. The summed E-state index contributed by atoms with van der Waals surface area (Å²) in [6.45, 7) is 8.12. The first-order valence-corrected chi connectivity index (χ1v) is 5.84. The summed E-state index contributed by atoms with van der Waals surface area (Å²) in [5, 5.41) is 13.5. The molecule has 0 saturated heterocycles. The lowest BCUT2D eigenvalue weighted by atomic mass is 9.98. The van der Waals surface area contributed by atoms with Crippen molar-refractivity contribution in [3.8, 4) is 0 Å². The maximum Gasteiger partial charge on any atom is 0.354 e. The largest absolute Gasteiger partial charge is 0.477 e. The standard InChI is InChI=1S/C12H19N3O2/c1-12(2,3)15-6-5-8-9(7-15)13-14(4)10(8)11(16)17/h5-7H2,1-4H3,(H,16,17). The second kappa shape index (κ2) is 3.84. The molecule has 2 rings (SSSR count). The number of carboxylic acid groups (broad SMARTS) is 1. The molecule has 1 aromatic heterocycles. The van der Waals surface area contributed by atoms with Crippen molar-refractivity contribution in [2.75, 3.05) is 6.54 Å². The van der Waals surface area contributed by atoms with E-state index in [0.29, 0.717) is 5.69 Å². The van der Waals surface area contributed by atoms with Gasteiger partial charge in [-0.1, -0.05) is 0 Å². The summed E-state index contributed by atoms with van der Waals surface area (Å²) < 4.78 is 1.49. The molecule has 2 heterocycles. The molecule has 0 spiro atoms. The molecule has 0 fully saturated rings. The molecule has 1 aliphatic heterocycles. The van der Waals surface area contributed by atoms with Gasteiger partial charge in [0.05, 0.1) is 5.69 Å². The Morgan fingerprint density at radius 2 is 2.06 bits per heavy atom. The Balaban J connectivity index is 2.35. The third-order valence-corrected chi connectivity index (χ3v) is 3.35. The second-order valence-corrected chi connectivity index (χ2v) is 5.54. The Hall–Kier alpha value is -1.36. The third kappa shape index (κ3) is 2.07. The van der Waals surface area contributed by atoms with Gasteiger partial charge < -0.3 is 5.11 Å². The normalized spacial score (nSPS) is 16.9. The van der Waals surface area contributed by atoms with Gasteiger partial charge >= 0.3 is 5.97 Å². The zero-order valence-electron chi connectivity index (χ0n) is 10.8. The SMILES string of the molecule is Cn1nc2c(c1C(=O)O)CCN(C(C)(C)C)C2. The minimum absolute atomic E-state index is 0.0958. The number of nitrogens with zero attached hydrogens (tertiary/aromatic N) is 3. The van der Waals surface area contributed by atoms with Gasteiger partial charge in [0.15, 0.2) is 0 Å². The summed E-state index contributed by atoms with van der Waals surface area (Å²) in [4.78, 5) is 13.5. The molecule has 94 valence electrons. The van der Waals surface area contributed by atoms with Gasteiger partial charge in [0, 0.05) is 31.2 Å². The van der Waals surface area contributed by atoms with Crippen LogP contribution in [0, 0.1) is 0 Å². The van der Waals surface area contributed by atoms with E-state index in [4.69, 9.17) is 5.11 Å². The van der Waals surface area contributed by atoms with E-state index >= 15 is 0 Å². The number of hydrogen-bond donors (Lipinski definition) is 1. The van der Waals surface area contributed by atoms with E-state index < -0.39 is 5.97 Å². The van der Waals surface area contributed by atoms with E-state index in [0.717, 1.165) is 30.8 Å². The van der Waals surface area contributed by atoms with Gasteiger partial charge in [-0.3, -0.25) is 9.58 Å². The predicted molar refractivity (Wildman–Crippen MR) is 64.0 cm³/mol. The minimum Gasteiger partial charge on any atom is -0.477 e. The third-order valence-electron chi connectivity index (χ3n) is 3.35. The monoisotopic (exact) mass is 237 g/mol. The van der Waals surface area contributed by atoms with Crippen LogP contribution in [0.3, 0.4) is 0 Å². The van der Waals surface area contributed by atoms with E-state index in [1.54, 1.807) is 7.05 Å². The summed E-state index contributed by atoms with van der Waals surface area (Å²) in [7, 11) is 1.70. The molecule has 0 saturated carbocycles. The van der Waals surface area contributed by atoms with E-state index in [2.05, 4.69) is 30.8 Å². The molecule has 0 bridgehead atoms. The molecule has 1 N–H and O–H groups in total. The lowest BCUT2D eigenvalue weighted by Crippen LogP contribution is -2.44. The van der Waals surface area contributed by atoms with Crippen molar-refractivity contribution in [3.05, 3.63) is 17.0 Å². The van der Waals surface area contributed by atoms with Crippen LogP contribution in [0.15, 0.2) is 0 Å². The van der Waals surface area contributed by atoms with Gasteiger partial charge in [0.1, 0.15) is 5.69 Å². The summed E-state index contributed by atoms with van der Waals surface area (Å²) in [6, 6.07) is 0. The van der Waals surface area contributed by atoms with Crippen molar-refractivity contribution < 1.29 is 9.90 Å². The van der Waals surface area contributed by atoms with Gasteiger partial charge in [0.25, 0.3) is 0 Å². The number of aromatic carboxylic acids is 1. The first-order chi connectivity index (χ1) is 7.80. The quantitative estimate of drug-likeness (QED) is 0.799. The topological polar surface area (TPSA) is 58.4 Å². The van der Waals surface area contributed by atoms with Crippen LogP contribution >= 0.6 is 0 Å². The molecule has 0 atom stereocenters. The van der Waals surface area contributed by atoms with Gasteiger partial charge in [-0.15, -0.1) is 0 Å². The average molecular weight is 237 g/mol. The fourth-order valence-corrected chi connectivity index (χ4v) is 2.36. The summed E-state index contributed by atoms with van der Waals surface area (Å²) in [5.41, 5.74) is 2.25. The molecule has 0 aliphatic carbocycles. The Morgan fingerprint density at radius 1 is 1.41 bits per heavy atom. The fraction of sp³-hybridized carbons (Fsp3) is 0.667. The Bertz CT molecular complexity index is 457. The van der Waals surface area contributed by atoms with Crippen molar-refractivity contribution in [2.45, 2.75) is 39.3 Å². The summed E-state index contributed by atoms with van der Waals surface area (Å²) in [5.74, 6) is -0.884. The number of rotatable bonds is 1. The molecule has 0 radical (unpaired) electrons. The maximum absolute atomic E-state index is 11.2. The predicted octanol–water partition coefficient (Wildman–Crippen LogP) is 1.27. The summed E-state index contributed by atoms with van der Waals surface area (Å²) in [6.07, 6.45) is 0.766. The fourth-order valence-electron chi connectivity index (χ4n) is 2.36. The van der Waals surface area contributed by atoms with E-state index in [1.807, 2.05) is 0 Å². The van der Waals surface area contributed by atoms with Crippen molar-refractivity contribution in [1.82, 2.24) is 14.7 Å². The molecule has 5 nitrogen and oxygen atoms in total. The van der Waals surface area contributed by atoms with Crippen LogP contribution in [0.2, 0.25) is 0 Å². The van der Waals surface area contributed by atoms with Crippen LogP contribution in [-0.2, 0) is 20.0 Å². The number of carbonyl (C=O) groups is 1. The van der Waals surface area contributed by atoms with Crippen LogP contribution in [0.5, 0.6) is 0 Å². The number of aryl methyl sites for hydroxylation is 1. The Kier molecular flexibility index (Phi) is 2.73. The molecule has 0 amide bonds. The first kappa shape index (κ1) is 12.1. The molecule has 17 heavy (non-hydrogen) atoms. The molecule has 0 aromatic carbocycles. The zero-order valence-corrected chi connectivity index (χ0v) is 10.8. The lowest BCUT2D eigenvalue weighted by Gasteiger charge is -2.37. The molecule has 5 heteroatoms. The average Bonchev–Trinajstić information content (AvgIpc) is 2.50. The van der Waals surface area contributed by atoms with Crippen molar-refractivity contribution in [3.63, 3.8) is 0 Å². The molecule has 0 unspecified atom stereocenters. The van der Waals surface area contributed by atoms with Crippen molar-refractivity contribution in [2.24, 2.45) is 7.05 Å². The van der Waals surface area contributed by atoms with Gasteiger partial charge in [-0.05, 0) is 27.2 Å². The lowest BCUT2D eigenvalue weighted by molar-refractivity contribution is 0.0682. The molecular weight excluding hydrogens is 218 g/mol. The molecular formula is C12H19N3O2. The van der Waals surface area contributed by atoms with Gasteiger partial charge in [-0.2, -0.15) is 5.10 Å². The van der Waals surface area contributed by atoms with Crippen LogP contribution < -0.4 is 0 Å². The molecule has 1 aliphatic rings. The highest BCUT2D eigenvalue weighted by molar-refractivity contribution is 5.87. The number of carboxylic acids is 1. The first-order valence-electron chi connectivity index (χ1n) is 5.84. The van der Waals surface area contributed by atoms with Crippen LogP contribution in [-0.4, -0.2) is 37.8 Å².